The summed E-state index contributed by atoms with van der Waals surface area (Å²) in [5.41, 5.74) is 1.71. The highest BCUT2D eigenvalue weighted by atomic mass is 16.4. The van der Waals surface area contributed by atoms with E-state index in [2.05, 4.69) is 6.08 Å². The van der Waals surface area contributed by atoms with Crippen molar-refractivity contribution < 1.29 is 19.5 Å². The number of fused-ring (bicyclic) bond motifs is 1. The van der Waals surface area contributed by atoms with Crippen LogP contribution < -0.4 is 4.90 Å². The van der Waals surface area contributed by atoms with Crippen LogP contribution in [0.5, 0.6) is 0 Å². The molecule has 1 saturated heterocycles. The smallest absolute Gasteiger partial charge is 0.335 e. The summed E-state index contributed by atoms with van der Waals surface area (Å²) in [6, 6.07) is 5.85. The second kappa shape index (κ2) is 5.09. The van der Waals surface area contributed by atoms with Gasteiger partial charge in [0.1, 0.15) is 0 Å². The Morgan fingerprint density at radius 2 is 1.82 bits per heavy atom. The molecule has 2 aliphatic rings. The van der Waals surface area contributed by atoms with E-state index in [1.165, 1.54) is 29.2 Å². The Balaban J connectivity index is 1.94. The highest BCUT2D eigenvalue weighted by Crippen LogP contribution is 2.42. The van der Waals surface area contributed by atoms with E-state index in [0.717, 1.165) is 5.57 Å². The summed E-state index contributed by atoms with van der Waals surface area (Å²) in [6.07, 6.45) is 2.67. The normalized spacial score (nSPS) is 27.6. The fraction of sp³-hybridized carbons (Fsp3) is 0.353. The minimum absolute atomic E-state index is 0.0403. The van der Waals surface area contributed by atoms with Gasteiger partial charge in [0.15, 0.2) is 0 Å². The zero-order valence-corrected chi connectivity index (χ0v) is 12.4. The second-order valence-electron chi connectivity index (χ2n) is 6.07. The van der Waals surface area contributed by atoms with Crippen LogP contribution in [0.1, 0.15) is 30.6 Å². The third kappa shape index (κ3) is 2.13. The molecule has 3 atom stereocenters. The number of allylic oxidation sites excluding steroid dienone is 2. The third-order valence-corrected chi connectivity index (χ3v) is 4.50. The largest absolute Gasteiger partial charge is 0.478 e. The Hall–Kier alpha value is -2.43. The Labute approximate surface area is 128 Å². The molecule has 1 aliphatic heterocycles. The maximum absolute atomic E-state index is 12.6. The molecule has 1 heterocycles. The number of benzene rings is 1. The maximum atomic E-state index is 12.6. The fourth-order valence-corrected chi connectivity index (χ4v) is 3.53. The molecule has 3 rings (SSSR count). The minimum atomic E-state index is -1.03. The van der Waals surface area contributed by atoms with E-state index in [0.29, 0.717) is 12.1 Å². The van der Waals surface area contributed by atoms with E-state index >= 15 is 0 Å². The van der Waals surface area contributed by atoms with Crippen molar-refractivity contribution in [3.8, 4) is 0 Å². The first-order valence-electron chi connectivity index (χ1n) is 7.28. The number of anilines is 1. The van der Waals surface area contributed by atoms with Crippen LogP contribution in [0.25, 0.3) is 0 Å². The molecule has 114 valence electrons. The van der Waals surface area contributed by atoms with Crippen molar-refractivity contribution in [3.05, 3.63) is 41.5 Å². The number of nitrogens with zero attached hydrogens (tertiary/aromatic N) is 1. The molecule has 0 bridgehead atoms. The van der Waals surface area contributed by atoms with Crippen LogP contribution in [0.15, 0.2) is 35.9 Å². The first kappa shape index (κ1) is 14.5. The van der Waals surface area contributed by atoms with Gasteiger partial charge in [0.2, 0.25) is 11.8 Å². The van der Waals surface area contributed by atoms with Crippen LogP contribution in [-0.4, -0.2) is 22.9 Å². The van der Waals surface area contributed by atoms with Crippen molar-refractivity contribution in [2.24, 2.45) is 17.8 Å². The van der Waals surface area contributed by atoms with Crippen LogP contribution in [0.2, 0.25) is 0 Å². The molecular formula is C17H17NO4. The van der Waals surface area contributed by atoms with Crippen molar-refractivity contribution in [2.45, 2.75) is 20.3 Å². The van der Waals surface area contributed by atoms with Gasteiger partial charge in [0.25, 0.3) is 0 Å². The number of carboxylic acids is 1. The van der Waals surface area contributed by atoms with Gasteiger partial charge < -0.3 is 5.11 Å². The first-order valence-corrected chi connectivity index (χ1v) is 7.28. The lowest BCUT2D eigenvalue weighted by molar-refractivity contribution is -0.122. The SMILES string of the molecule is CC1=C[C@@H](C)[C@@H]2C(=O)N(c3ccc(C(=O)O)cc3)C(=O)[C@@H]2C1. The van der Waals surface area contributed by atoms with Crippen molar-refractivity contribution >= 4 is 23.5 Å². The number of hydrogen-bond donors (Lipinski definition) is 1. The topological polar surface area (TPSA) is 74.7 Å². The van der Waals surface area contributed by atoms with E-state index < -0.39 is 5.97 Å². The molecule has 1 aliphatic carbocycles. The Bertz CT molecular complexity index is 689. The lowest BCUT2D eigenvalue weighted by atomic mass is 9.76. The number of aromatic carboxylic acids is 1. The lowest BCUT2D eigenvalue weighted by Gasteiger charge is -2.25. The second-order valence-corrected chi connectivity index (χ2v) is 6.07. The van der Waals surface area contributed by atoms with Crippen LogP contribution >= 0.6 is 0 Å². The van der Waals surface area contributed by atoms with Crippen LogP contribution in [0, 0.1) is 17.8 Å². The summed E-state index contributed by atoms with van der Waals surface area (Å²) >= 11 is 0. The summed E-state index contributed by atoms with van der Waals surface area (Å²) in [6.45, 7) is 3.94. The van der Waals surface area contributed by atoms with Crippen LogP contribution in [0.4, 0.5) is 5.69 Å². The van der Waals surface area contributed by atoms with Gasteiger partial charge >= 0.3 is 5.97 Å². The lowest BCUT2D eigenvalue weighted by Crippen LogP contribution is -2.31. The number of carbonyl (C=O) groups excluding carboxylic acids is 2. The fourth-order valence-electron chi connectivity index (χ4n) is 3.53. The van der Waals surface area contributed by atoms with Gasteiger partial charge in [-0.1, -0.05) is 18.6 Å². The molecule has 1 N–H and O–H groups in total. The molecule has 1 fully saturated rings. The van der Waals surface area contributed by atoms with E-state index in [1.807, 2.05) is 13.8 Å². The van der Waals surface area contributed by atoms with Gasteiger partial charge in [0.05, 0.1) is 23.1 Å². The summed E-state index contributed by atoms with van der Waals surface area (Å²) in [5, 5.41) is 8.92. The van der Waals surface area contributed by atoms with E-state index in [1.54, 1.807) is 0 Å². The van der Waals surface area contributed by atoms with Gasteiger partial charge in [-0.15, -0.1) is 0 Å². The molecule has 0 spiro atoms. The summed E-state index contributed by atoms with van der Waals surface area (Å²) in [7, 11) is 0. The minimum Gasteiger partial charge on any atom is -0.478 e. The van der Waals surface area contributed by atoms with E-state index in [4.69, 9.17) is 5.11 Å². The number of hydrogen-bond acceptors (Lipinski definition) is 3. The van der Waals surface area contributed by atoms with Gasteiger partial charge in [-0.3, -0.25) is 14.5 Å². The molecule has 0 unspecified atom stereocenters. The number of rotatable bonds is 2. The molecule has 22 heavy (non-hydrogen) atoms. The summed E-state index contributed by atoms with van der Waals surface area (Å²) in [5.74, 6) is -1.97. The van der Waals surface area contributed by atoms with Gasteiger partial charge in [-0.25, -0.2) is 4.79 Å². The molecule has 1 aromatic carbocycles. The van der Waals surface area contributed by atoms with Crippen LogP contribution in [0.3, 0.4) is 0 Å². The van der Waals surface area contributed by atoms with Crippen molar-refractivity contribution in [1.82, 2.24) is 0 Å². The number of imide groups is 1. The highest BCUT2D eigenvalue weighted by Gasteiger charge is 2.51. The average molecular weight is 299 g/mol. The van der Waals surface area contributed by atoms with E-state index in [9.17, 15) is 14.4 Å². The molecule has 5 nitrogen and oxygen atoms in total. The van der Waals surface area contributed by atoms with Gasteiger partial charge in [0, 0.05) is 0 Å². The first-order chi connectivity index (χ1) is 10.4. The molecule has 2 amide bonds. The third-order valence-electron chi connectivity index (χ3n) is 4.50. The van der Waals surface area contributed by atoms with Crippen molar-refractivity contribution in [1.29, 1.82) is 0 Å². The zero-order chi connectivity index (χ0) is 16.0. The zero-order valence-electron chi connectivity index (χ0n) is 12.4. The standard InChI is InChI=1S/C17H17NO4/c1-9-7-10(2)14-13(8-9)15(19)18(16(14)20)12-5-3-11(4-6-12)17(21)22/h3-7,10,13-14H,8H2,1-2H3,(H,21,22)/t10-,13-,14+/m1/s1. The Morgan fingerprint density at radius 3 is 2.41 bits per heavy atom. The average Bonchev–Trinajstić information content (AvgIpc) is 2.70. The molecule has 5 heteroatoms. The predicted molar refractivity (Wildman–Crippen MR) is 80.4 cm³/mol. The van der Waals surface area contributed by atoms with Crippen molar-refractivity contribution in [2.75, 3.05) is 4.90 Å². The number of carboxylic acid groups (broad SMARTS) is 1. The molecule has 0 aromatic heterocycles. The van der Waals surface area contributed by atoms with Crippen molar-refractivity contribution in [3.63, 3.8) is 0 Å². The number of amides is 2. The Morgan fingerprint density at radius 1 is 1.18 bits per heavy atom. The van der Waals surface area contributed by atoms with Gasteiger partial charge in [-0.05, 0) is 43.5 Å². The monoisotopic (exact) mass is 299 g/mol. The number of carbonyl (C=O) groups is 3. The molecule has 0 radical (unpaired) electrons. The molecule has 1 aromatic rings. The predicted octanol–water partition coefficient (Wildman–Crippen LogP) is 2.48. The quantitative estimate of drug-likeness (QED) is 0.672. The highest BCUT2D eigenvalue weighted by molar-refractivity contribution is 6.22. The summed E-state index contributed by atoms with van der Waals surface area (Å²) in [4.78, 5) is 37.4. The Kier molecular flexibility index (Phi) is 3.35. The van der Waals surface area contributed by atoms with Gasteiger partial charge in [-0.2, -0.15) is 0 Å². The van der Waals surface area contributed by atoms with E-state index in [-0.39, 0.29) is 35.1 Å². The van der Waals surface area contributed by atoms with Crippen LogP contribution in [-0.2, 0) is 9.59 Å². The molecule has 0 saturated carbocycles. The summed E-state index contributed by atoms with van der Waals surface area (Å²) < 4.78 is 0. The molecular weight excluding hydrogens is 282 g/mol. The maximum Gasteiger partial charge on any atom is 0.335 e.